The number of allylic oxidation sites excluding steroid dienone is 1. The molecule has 21 heavy (non-hydrogen) atoms. The maximum absolute atomic E-state index is 11.9. The van der Waals surface area contributed by atoms with E-state index in [4.69, 9.17) is 4.74 Å². The second kappa shape index (κ2) is 8.73. The smallest absolute Gasteiger partial charge is 0.338 e. The van der Waals surface area contributed by atoms with E-state index in [1.54, 1.807) is 20.8 Å². The van der Waals surface area contributed by atoms with Crippen LogP contribution in [-0.4, -0.2) is 39.2 Å². The third-order valence-electron chi connectivity index (χ3n) is 2.79. The number of carbonyl (C=O) groups excluding carboxylic acids is 3. The number of esters is 3. The van der Waals surface area contributed by atoms with Crippen LogP contribution in [0, 0.1) is 0 Å². The third-order valence-corrected chi connectivity index (χ3v) is 2.79. The molecule has 6 nitrogen and oxygen atoms in total. The molecular weight excluding hydrogens is 276 g/mol. The summed E-state index contributed by atoms with van der Waals surface area (Å²) >= 11 is 0. The summed E-state index contributed by atoms with van der Waals surface area (Å²) in [7, 11) is 3.69. The Morgan fingerprint density at radius 2 is 1.38 bits per heavy atom. The van der Waals surface area contributed by atoms with Gasteiger partial charge in [-0.1, -0.05) is 6.08 Å². The lowest BCUT2D eigenvalue weighted by molar-refractivity contribution is -0.136. The Kier molecular flexibility index (Phi) is 7.75. The number of carbonyl (C=O) groups is 3. The van der Waals surface area contributed by atoms with Crippen LogP contribution in [-0.2, 0) is 28.6 Å². The highest BCUT2D eigenvalue weighted by Crippen LogP contribution is 2.23. The molecular formula is C15H20O6. The van der Waals surface area contributed by atoms with Crippen molar-refractivity contribution in [2.24, 2.45) is 0 Å². The van der Waals surface area contributed by atoms with Gasteiger partial charge >= 0.3 is 17.9 Å². The second-order valence-electron chi connectivity index (χ2n) is 4.04. The van der Waals surface area contributed by atoms with Crippen LogP contribution in [0.5, 0.6) is 0 Å². The summed E-state index contributed by atoms with van der Waals surface area (Å²) in [6.45, 7) is 4.77. The SMILES string of the molecule is C\C=C(C(=O)OC)/C(C)=C(C(=O)OC)/C(C)=C\C(=O)OC. The number of hydrogen-bond acceptors (Lipinski definition) is 6. The lowest BCUT2D eigenvalue weighted by Crippen LogP contribution is -2.14. The minimum Gasteiger partial charge on any atom is -0.466 e. The highest BCUT2D eigenvalue weighted by atomic mass is 16.5. The van der Waals surface area contributed by atoms with Gasteiger partial charge in [-0.25, -0.2) is 14.4 Å². The Morgan fingerprint density at radius 3 is 1.76 bits per heavy atom. The number of ether oxygens (including phenoxy) is 3. The first-order chi connectivity index (χ1) is 9.83. The number of methoxy groups -OCH3 is 3. The number of hydrogen-bond donors (Lipinski definition) is 0. The normalized spacial score (nSPS) is 13.2. The molecule has 0 amide bonds. The van der Waals surface area contributed by atoms with Crippen molar-refractivity contribution in [3.8, 4) is 0 Å². The lowest BCUT2D eigenvalue weighted by Gasteiger charge is -2.12. The third kappa shape index (κ3) is 4.91. The fourth-order valence-corrected chi connectivity index (χ4v) is 1.75. The highest BCUT2D eigenvalue weighted by Gasteiger charge is 2.22. The van der Waals surface area contributed by atoms with Crippen molar-refractivity contribution < 1.29 is 28.6 Å². The van der Waals surface area contributed by atoms with Gasteiger partial charge in [0.25, 0.3) is 0 Å². The van der Waals surface area contributed by atoms with Gasteiger partial charge in [0.2, 0.25) is 0 Å². The Labute approximate surface area is 124 Å². The lowest BCUT2D eigenvalue weighted by atomic mass is 9.96. The Hall–Kier alpha value is -2.37. The quantitative estimate of drug-likeness (QED) is 0.332. The minimum atomic E-state index is -0.659. The van der Waals surface area contributed by atoms with Gasteiger partial charge in [0.15, 0.2) is 0 Å². The van der Waals surface area contributed by atoms with Crippen molar-refractivity contribution in [1.29, 1.82) is 0 Å². The van der Waals surface area contributed by atoms with Crippen LogP contribution < -0.4 is 0 Å². The fourth-order valence-electron chi connectivity index (χ4n) is 1.75. The number of rotatable bonds is 5. The highest BCUT2D eigenvalue weighted by molar-refractivity contribution is 6.02. The van der Waals surface area contributed by atoms with E-state index in [0.29, 0.717) is 11.1 Å². The maximum Gasteiger partial charge on any atom is 0.338 e. The molecule has 0 bridgehead atoms. The van der Waals surface area contributed by atoms with E-state index in [1.807, 2.05) is 0 Å². The van der Waals surface area contributed by atoms with E-state index < -0.39 is 17.9 Å². The average molecular weight is 296 g/mol. The molecule has 0 fully saturated rings. The van der Waals surface area contributed by atoms with Crippen molar-refractivity contribution in [2.45, 2.75) is 20.8 Å². The van der Waals surface area contributed by atoms with E-state index in [-0.39, 0.29) is 11.1 Å². The Bertz CT molecular complexity index is 522. The monoisotopic (exact) mass is 296 g/mol. The predicted octanol–water partition coefficient (Wildman–Crippen LogP) is 1.71. The molecule has 0 aliphatic heterocycles. The van der Waals surface area contributed by atoms with Crippen LogP contribution in [0.4, 0.5) is 0 Å². The zero-order valence-corrected chi connectivity index (χ0v) is 13.1. The van der Waals surface area contributed by atoms with Crippen LogP contribution in [0.3, 0.4) is 0 Å². The average Bonchev–Trinajstić information content (AvgIpc) is 2.47. The molecule has 0 heterocycles. The first kappa shape index (κ1) is 18.6. The minimum absolute atomic E-state index is 0.112. The van der Waals surface area contributed by atoms with E-state index in [1.165, 1.54) is 27.4 Å². The molecule has 0 N–H and O–H groups in total. The van der Waals surface area contributed by atoms with Crippen LogP contribution in [0.25, 0.3) is 0 Å². The Balaban J connectivity index is 6.08. The summed E-state index contributed by atoms with van der Waals surface area (Å²) < 4.78 is 13.9. The van der Waals surface area contributed by atoms with Crippen molar-refractivity contribution >= 4 is 17.9 Å². The molecule has 0 aromatic carbocycles. The van der Waals surface area contributed by atoms with E-state index in [0.717, 1.165) is 6.08 Å². The van der Waals surface area contributed by atoms with Gasteiger partial charge in [-0.05, 0) is 31.9 Å². The zero-order valence-electron chi connectivity index (χ0n) is 13.1. The molecule has 0 rings (SSSR count). The topological polar surface area (TPSA) is 78.9 Å². The molecule has 0 unspecified atom stereocenters. The van der Waals surface area contributed by atoms with E-state index in [2.05, 4.69) is 9.47 Å². The molecule has 116 valence electrons. The predicted molar refractivity (Wildman–Crippen MR) is 76.3 cm³/mol. The second-order valence-corrected chi connectivity index (χ2v) is 4.04. The van der Waals surface area contributed by atoms with Crippen molar-refractivity contribution in [3.05, 3.63) is 34.4 Å². The van der Waals surface area contributed by atoms with Gasteiger partial charge in [0.05, 0.1) is 32.5 Å². The summed E-state index contributed by atoms with van der Waals surface area (Å²) in [4.78, 5) is 35.0. The van der Waals surface area contributed by atoms with Crippen LogP contribution in [0.2, 0.25) is 0 Å². The first-order valence-corrected chi connectivity index (χ1v) is 6.14. The van der Waals surface area contributed by atoms with E-state index >= 15 is 0 Å². The molecule has 6 heteroatoms. The van der Waals surface area contributed by atoms with Crippen LogP contribution in [0.1, 0.15) is 20.8 Å². The molecule has 0 radical (unpaired) electrons. The van der Waals surface area contributed by atoms with Crippen molar-refractivity contribution in [3.63, 3.8) is 0 Å². The molecule has 0 aromatic rings. The van der Waals surface area contributed by atoms with Crippen LogP contribution in [0.15, 0.2) is 34.4 Å². The molecule has 0 spiro atoms. The summed E-state index contributed by atoms with van der Waals surface area (Å²) in [6.07, 6.45) is 2.68. The summed E-state index contributed by atoms with van der Waals surface area (Å²) in [5.74, 6) is -1.85. The van der Waals surface area contributed by atoms with Gasteiger partial charge in [0.1, 0.15) is 0 Å². The summed E-state index contributed by atoms with van der Waals surface area (Å²) in [5, 5.41) is 0. The van der Waals surface area contributed by atoms with Crippen molar-refractivity contribution in [2.75, 3.05) is 21.3 Å². The standard InChI is InChI=1S/C15H20O6/c1-7-11(14(17)20-5)10(3)13(15(18)21-6)9(2)8-12(16)19-4/h7-8H,1-6H3/b9-8-,11-7+,13-10-. The van der Waals surface area contributed by atoms with E-state index in [9.17, 15) is 14.4 Å². The molecule has 0 aromatic heterocycles. The van der Waals surface area contributed by atoms with Gasteiger partial charge in [0, 0.05) is 6.08 Å². The van der Waals surface area contributed by atoms with Gasteiger partial charge in [-0.15, -0.1) is 0 Å². The molecule has 0 atom stereocenters. The molecule has 0 saturated carbocycles. The van der Waals surface area contributed by atoms with Crippen molar-refractivity contribution in [1.82, 2.24) is 0 Å². The maximum atomic E-state index is 11.9. The van der Waals surface area contributed by atoms with Gasteiger partial charge in [-0.3, -0.25) is 0 Å². The fraction of sp³-hybridized carbons (Fsp3) is 0.400. The molecule has 0 aliphatic carbocycles. The largest absolute Gasteiger partial charge is 0.466 e. The zero-order chi connectivity index (χ0) is 16.6. The Morgan fingerprint density at radius 1 is 0.857 bits per heavy atom. The molecule has 0 saturated heterocycles. The summed E-state index contributed by atoms with van der Waals surface area (Å²) in [6, 6.07) is 0. The first-order valence-electron chi connectivity index (χ1n) is 6.14. The summed E-state index contributed by atoms with van der Waals surface area (Å²) in [5.41, 5.74) is 1.01. The molecule has 0 aliphatic rings. The van der Waals surface area contributed by atoms with Gasteiger partial charge in [-0.2, -0.15) is 0 Å². The van der Waals surface area contributed by atoms with Gasteiger partial charge < -0.3 is 14.2 Å². The van der Waals surface area contributed by atoms with Crippen LogP contribution >= 0.6 is 0 Å².